The molecule has 1 atom stereocenters. The molecule has 4 heterocycles. The number of hydrogen-bond acceptors (Lipinski definition) is 9. The molecule has 0 aliphatic carbocycles. The van der Waals surface area contributed by atoms with Gasteiger partial charge in [0.1, 0.15) is 33.5 Å². The van der Waals surface area contributed by atoms with Crippen molar-refractivity contribution in [2.24, 2.45) is 0 Å². The maximum absolute atomic E-state index is 12.8. The van der Waals surface area contributed by atoms with Gasteiger partial charge in [-0.05, 0) is 17.0 Å². The smallest absolute Gasteiger partial charge is 0.231 e. The van der Waals surface area contributed by atoms with Crippen LogP contribution in [0.1, 0.15) is 26.9 Å². The lowest BCUT2D eigenvalue weighted by atomic mass is 9.89. The highest BCUT2D eigenvalue weighted by atomic mass is 32.1. The number of fused-ring (bicyclic) bond motifs is 1. The second-order valence-corrected chi connectivity index (χ2v) is 10.3. The van der Waals surface area contributed by atoms with Gasteiger partial charge in [-0.1, -0.05) is 36.4 Å². The molecule has 1 amide bonds. The molecule has 0 radical (unpaired) electrons. The zero-order chi connectivity index (χ0) is 23.7. The minimum Gasteiger partial charge on any atom is -0.494 e. The van der Waals surface area contributed by atoms with Crippen LogP contribution in [0.2, 0.25) is 0 Å². The van der Waals surface area contributed by atoms with Crippen LogP contribution in [-0.2, 0) is 11.2 Å². The molecule has 5 rings (SSSR count). The molecule has 7 nitrogen and oxygen atoms in total. The predicted octanol–water partition coefficient (Wildman–Crippen LogP) is 5.84. The van der Waals surface area contributed by atoms with E-state index in [0.29, 0.717) is 21.4 Å². The fourth-order valence-electron chi connectivity index (χ4n) is 3.75. The Kier molecular flexibility index (Phi) is 5.86. The van der Waals surface area contributed by atoms with Crippen molar-refractivity contribution in [1.82, 2.24) is 4.98 Å². The van der Waals surface area contributed by atoms with Gasteiger partial charge in [0, 0.05) is 15.8 Å². The van der Waals surface area contributed by atoms with Crippen LogP contribution in [0.15, 0.2) is 64.7 Å². The molecule has 0 bridgehead atoms. The number of nitrogens with one attached hydrogen (secondary N) is 2. The first kappa shape index (κ1) is 21.9. The van der Waals surface area contributed by atoms with E-state index in [4.69, 9.17) is 0 Å². The van der Waals surface area contributed by atoms with Crippen molar-refractivity contribution in [3.63, 3.8) is 0 Å². The Labute approximate surface area is 206 Å². The van der Waals surface area contributed by atoms with Gasteiger partial charge in [-0.3, -0.25) is 4.79 Å². The number of benzene rings is 1. The highest BCUT2D eigenvalue weighted by molar-refractivity contribution is 7.17. The zero-order valence-corrected chi connectivity index (χ0v) is 19.9. The average molecular weight is 502 g/mol. The number of nitriles is 2. The molecule has 0 saturated carbocycles. The second kappa shape index (κ2) is 9.12. The van der Waals surface area contributed by atoms with E-state index in [1.807, 2.05) is 53.2 Å². The number of aromatic nitrogens is 1. The third-order valence-corrected chi connectivity index (χ3v) is 8.17. The van der Waals surface area contributed by atoms with Crippen LogP contribution >= 0.6 is 34.0 Å². The van der Waals surface area contributed by atoms with Gasteiger partial charge in [0.2, 0.25) is 11.8 Å². The van der Waals surface area contributed by atoms with Crippen molar-refractivity contribution >= 4 is 50.7 Å². The maximum Gasteiger partial charge on any atom is 0.231 e. The van der Waals surface area contributed by atoms with Crippen LogP contribution in [-0.4, -0.2) is 16.0 Å². The summed E-state index contributed by atoms with van der Waals surface area (Å²) in [6.45, 7) is 0. The first-order chi connectivity index (χ1) is 16.6. The molecule has 34 heavy (non-hydrogen) atoms. The summed E-state index contributed by atoms with van der Waals surface area (Å²) in [5.41, 5.74) is 2.31. The number of hydrogen-bond donors (Lipinski definition) is 3. The van der Waals surface area contributed by atoms with Gasteiger partial charge < -0.3 is 15.7 Å². The summed E-state index contributed by atoms with van der Waals surface area (Å²) in [7, 11) is 0. The molecule has 10 heteroatoms. The van der Waals surface area contributed by atoms with Crippen LogP contribution in [0.4, 0.5) is 10.8 Å². The van der Waals surface area contributed by atoms with Crippen molar-refractivity contribution in [2.75, 3.05) is 10.6 Å². The average Bonchev–Trinajstić information content (AvgIpc) is 3.58. The highest BCUT2D eigenvalue weighted by Gasteiger charge is 2.33. The Morgan fingerprint density at radius 3 is 2.68 bits per heavy atom. The fourth-order valence-corrected chi connectivity index (χ4v) is 6.66. The number of carbonyl (C=O) groups excluding carboxylic acids is 1. The SMILES string of the molecule is N#CC1=C(O)Nc2nc(CC(=O)Nc3scc(-c4cccs4)c3C#N)sc2C1c1ccccc1. The molecule has 4 aromatic rings. The van der Waals surface area contributed by atoms with Crippen LogP contribution < -0.4 is 10.6 Å². The van der Waals surface area contributed by atoms with E-state index in [1.165, 1.54) is 34.0 Å². The Hall–Kier alpha value is -3.96. The minimum absolute atomic E-state index is 0.000604. The van der Waals surface area contributed by atoms with Gasteiger partial charge in [-0.25, -0.2) is 4.98 Å². The fraction of sp³-hybridized carbons (Fsp3) is 0.0833. The number of nitrogens with zero attached hydrogens (tertiary/aromatic N) is 3. The Morgan fingerprint density at radius 1 is 1.15 bits per heavy atom. The molecule has 1 unspecified atom stereocenters. The number of thiophene rings is 2. The van der Waals surface area contributed by atoms with E-state index in [1.54, 1.807) is 0 Å². The molecular formula is C24H15N5O2S3. The maximum atomic E-state index is 12.8. The Morgan fingerprint density at radius 2 is 1.97 bits per heavy atom. The van der Waals surface area contributed by atoms with Crippen molar-refractivity contribution in [3.8, 4) is 22.6 Å². The summed E-state index contributed by atoms with van der Waals surface area (Å²) < 4.78 is 0. The van der Waals surface area contributed by atoms with E-state index >= 15 is 0 Å². The van der Waals surface area contributed by atoms with E-state index in [0.717, 1.165) is 20.9 Å². The number of aliphatic hydroxyl groups excluding tert-OH is 1. The standard InChI is InChI=1S/C24H15N5O2S3/c25-10-14-16(17-7-4-8-32-17)12-33-24(14)27-18(30)9-19-28-22-21(34-19)20(13-5-2-1-3-6-13)15(11-26)23(31)29-22/h1-8,12,20,29,31H,9H2,(H,27,30). The van der Waals surface area contributed by atoms with Crippen LogP contribution in [0, 0.1) is 22.7 Å². The van der Waals surface area contributed by atoms with Crippen LogP contribution in [0.25, 0.3) is 10.4 Å². The van der Waals surface area contributed by atoms with Gasteiger partial charge >= 0.3 is 0 Å². The van der Waals surface area contributed by atoms with Crippen molar-refractivity contribution < 1.29 is 9.90 Å². The third-order valence-electron chi connectivity index (χ3n) is 5.25. The van der Waals surface area contributed by atoms with Crippen molar-refractivity contribution in [1.29, 1.82) is 10.5 Å². The molecule has 1 aliphatic rings. The van der Waals surface area contributed by atoms with Crippen LogP contribution in [0.5, 0.6) is 0 Å². The number of rotatable bonds is 5. The van der Waals surface area contributed by atoms with E-state index in [2.05, 4.69) is 27.8 Å². The van der Waals surface area contributed by atoms with E-state index in [-0.39, 0.29) is 23.8 Å². The number of aliphatic hydroxyl groups is 1. The molecule has 0 saturated heterocycles. The molecule has 3 N–H and O–H groups in total. The molecule has 3 aromatic heterocycles. The second-order valence-electron chi connectivity index (χ2n) is 7.33. The van der Waals surface area contributed by atoms with Crippen molar-refractivity contribution in [3.05, 3.63) is 85.7 Å². The molecule has 0 fully saturated rings. The van der Waals surface area contributed by atoms with Crippen LogP contribution in [0.3, 0.4) is 0 Å². The summed E-state index contributed by atoms with van der Waals surface area (Å²) in [6, 6.07) is 17.6. The first-order valence-corrected chi connectivity index (χ1v) is 12.7. The number of anilines is 2. The summed E-state index contributed by atoms with van der Waals surface area (Å²) in [6.07, 6.45) is 0.000604. The first-order valence-electron chi connectivity index (χ1n) is 10.1. The summed E-state index contributed by atoms with van der Waals surface area (Å²) in [5.74, 6) is -0.556. The topological polar surface area (TPSA) is 122 Å². The lowest BCUT2D eigenvalue weighted by Gasteiger charge is -2.22. The van der Waals surface area contributed by atoms with E-state index in [9.17, 15) is 20.4 Å². The molecule has 1 aliphatic heterocycles. The predicted molar refractivity (Wildman–Crippen MR) is 134 cm³/mol. The van der Waals surface area contributed by atoms with Gasteiger partial charge in [-0.15, -0.1) is 34.0 Å². The molecule has 0 spiro atoms. The summed E-state index contributed by atoms with van der Waals surface area (Å²) in [5, 5.41) is 40.1. The summed E-state index contributed by atoms with van der Waals surface area (Å²) in [4.78, 5) is 19.0. The number of allylic oxidation sites excluding steroid dienone is 1. The Balaban J connectivity index is 1.39. The molecule has 1 aromatic carbocycles. The Bertz CT molecular complexity index is 1490. The largest absolute Gasteiger partial charge is 0.494 e. The highest BCUT2D eigenvalue weighted by Crippen LogP contribution is 2.44. The van der Waals surface area contributed by atoms with Crippen molar-refractivity contribution in [2.45, 2.75) is 12.3 Å². The van der Waals surface area contributed by atoms with Gasteiger partial charge in [0.05, 0.1) is 22.8 Å². The number of amides is 1. The quantitative estimate of drug-likeness (QED) is 0.316. The number of thiazole rings is 1. The molecular weight excluding hydrogens is 486 g/mol. The number of carbonyl (C=O) groups is 1. The third kappa shape index (κ3) is 3.95. The van der Waals surface area contributed by atoms with Gasteiger partial charge in [0.25, 0.3) is 0 Å². The normalized spacial score (nSPS) is 14.6. The van der Waals surface area contributed by atoms with E-state index < -0.39 is 5.92 Å². The minimum atomic E-state index is -0.465. The van der Waals surface area contributed by atoms with Gasteiger partial charge in [0.15, 0.2) is 0 Å². The summed E-state index contributed by atoms with van der Waals surface area (Å²) >= 11 is 4.17. The molecule has 166 valence electrons. The lowest BCUT2D eigenvalue weighted by Crippen LogP contribution is -2.17. The lowest BCUT2D eigenvalue weighted by molar-refractivity contribution is -0.115. The van der Waals surface area contributed by atoms with Gasteiger partial charge in [-0.2, -0.15) is 10.5 Å². The zero-order valence-electron chi connectivity index (χ0n) is 17.4. The monoisotopic (exact) mass is 501 g/mol.